The highest BCUT2D eigenvalue weighted by Crippen LogP contribution is 2.43. The van der Waals surface area contributed by atoms with E-state index in [0.717, 1.165) is 22.9 Å². The van der Waals surface area contributed by atoms with Gasteiger partial charge in [-0.25, -0.2) is 13.2 Å². The minimum atomic E-state index is -3.96. The van der Waals surface area contributed by atoms with E-state index in [0.29, 0.717) is 20.6 Å². The lowest BCUT2D eigenvalue weighted by atomic mass is 10.1. The predicted molar refractivity (Wildman–Crippen MR) is 146 cm³/mol. The number of benzene rings is 5. The molecule has 0 aliphatic heterocycles. The Morgan fingerprint density at radius 1 is 0.703 bits per heavy atom. The first-order valence-corrected chi connectivity index (χ1v) is 13.6. The Labute approximate surface area is 218 Å². The number of hydrogen-bond acceptors (Lipinski definition) is 5. The molecule has 0 heterocycles. The molecule has 8 heteroatoms. The van der Waals surface area contributed by atoms with Gasteiger partial charge < -0.3 is 10.2 Å². The molecule has 0 aromatic heterocycles. The van der Waals surface area contributed by atoms with Crippen LogP contribution in [-0.4, -0.2) is 24.6 Å². The summed E-state index contributed by atoms with van der Waals surface area (Å²) in [6.45, 7) is 0. The molecule has 0 fully saturated rings. The highest BCUT2D eigenvalue weighted by atomic mass is 32.2. The Morgan fingerprint density at radius 2 is 1.30 bits per heavy atom. The van der Waals surface area contributed by atoms with Crippen LogP contribution in [-0.2, 0) is 10.0 Å². The lowest BCUT2D eigenvalue weighted by Crippen LogP contribution is -2.13. The fraction of sp³-hybridized carbons (Fsp3) is 0. The number of rotatable bonds is 7. The van der Waals surface area contributed by atoms with Crippen LogP contribution in [0.25, 0.3) is 21.9 Å². The number of phenolic OH excluding ortho intramolecular Hbond substituents is 1. The molecule has 5 aromatic carbocycles. The summed E-state index contributed by atoms with van der Waals surface area (Å²) in [6, 6.07) is 31.1. The zero-order valence-electron chi connectivity index (χ0n) is 19.3. The van der Waals surface area contributed by atoms with Crippen molar-refractivity contribution in [3.05, 3.63) is 115 Å². The van der Waals surface area contributed by atoms with Gasteiger partial charge in [0.15, 0.2) is 0 Å². The average molecular weight is 528 g/mol. The molecule has 0 saturated carbocycles. The van der Waals surface area contributed by atoms with Gasteiger partial charge in [0.25, 0.3) is 10.0 Å². The first-order valence-electron chi connectivity index (χ1n) is 11.3. The molecule has 0 spiro atoms. The molecular weight excluding hydrogens is 506 g/mol. The van der Waals surface area contributed by atoms with Crippen molar-refractivity contribution < 1.29 is 23.4 Å². The maximum atomic E-state index is 13.3. The maximum Gasteiger partial charge on any atom is 0.336 e. The van der Waals surface area contributed by atoms with Crippen molar-refractivity contribution in [1.29, 1.82) is 0 Å². The Hall–Kier alpha value is -4.27. The lowest BCUT2D eigenvalue weighted by Gasteiger charge is -2.15. The van der Waals surface area contributed by atoms with Crippen LogP contribution >= 0.6 is 11.8 Å². The van der Waals surface area contributed by atoms with Crippen molar-refractivity contribution in [3.8, 4) is 16.9 Å². The van der Waals surface area contributed by atoms with E-state index in [2.05, 4.69) is 4.72 Å². The van der Waals surface area contributed by atoms with Crippen LogP contribution < -0.4 is 4.72 Å². The van der Waals surface area contributed by atoms with Gasteiger partial charge in [0, 0.05) is 15.7 Å². The highest BCUT2D eigenvalue weighted by molar-refractivity contribution is 7.99. The molecule has 0 radical (unpaired) electrons. The van der Waals surface area contributed by atoms with Crippen molar-refractivity contribution in [1.82, 2.24) is 0 Å². The second-order valence-corrected chi connectivity index (χ2v) is 11.0. The molecule has 3 N–H and O–H groups in total. The van der Waals surface area contributed by atoms with Crippen LogP contribution in [0.2, 0.25) is 0 Å². The number of carbonyl (C=O) groups is 1. The summed E-state index contributed by atoms with van der Waals surface area (Å²) < 4.78 is 29.3. The number of aromatic hydroxyl groups is 1. The quantitative estimate of drug-likeness (QED) is 0.200. The van der Waals surface area contributed by atoms with Crippen LogP contribution in [0.1, 0.15) is 10.4 Å². The number of aromatic carboxylic acids is 1. The number of nitrogens with one attached hydrogen (secondary N) is 1. The van der Waals surface area contributed by atoms with Crippen LogP contribution in [0.3, 0.4) is 0 Å². The predicted octanol–water partition coefficient (Wildman–Crippen LogP) is 6.86. The van der Waals surface area contributed by atoms with Crippen LogP contribution in [0, 0.1) is 0 Å². The summed E-state index contributed by atoms with van der Waals surface area (Å²) in [6.07, 6.45) is 0. The van der Waals surface area contributed by atoms with Crippen LogP contribution in [0.15, 0.2) is 124 Å². The highest BCUT2D eigenvalue weighted by Gasteiger charge is 2.20. The number of carboxylic acid groups (broad SMARTS) is 1. The van der Waals surface area contributed by atoms with Crippen molar-refractivity contribution >= 4 is 44.2 Å². The molecule has 37 heavy (non-hydrogen) atoms. The third kappa shape index (κ3) is 5.02. The molecule has 0 unspecified atom stereocenters. The second-order valence-electron chi connectivity index (χ2n) is 8.22. The summed E-state index contributed by atoms with van der Waals surface area (Å²) in [5.74, 6) is -1.15. The van der Waals surface area contributed by atoms with E-state index in [1.54, 1.807) is 66.7 Å². The minimum absolute atomic E-state index is 0.0593. The number of carboxylic acids is 1. The van der Waals surface area contributed by atoms with Gasteiger partial charge in [-0.2, -0.15) is 0 Å². The van der Waals surface area contributed by atoms with Gasteiger partial charge in [0.1, 0.15) is 5.75 Å². The Morgan fingerprint density at radius 3 is 2.00 bits per heavy atom. The molecule has 5 aromatic rings. The first-order chi connectivity index (χ1) is 17.8. The average Bonchev–Trinajstić information content (AvgIpc) is 2.92. The molecule has 0 aliphatic carbocycles. The normalized spacial score (nSPS) is 11.4. The van der Waals surface area contributed by atoms with Crippen LogP contribution in [0.5, 0.6) is 5.75 Å². The molecule has 0 bridgehead atoms. The summed E-state index contributed by atoms with van der Waals surface area (Å²) in [7, 11) is -3.96. The molecule has 5 rings (SSSR count). The van der Waals surface area contributed by atoms with E-state index in [1.165, 1.54) is 12.1 Å². The Balaban J connectivity index is 1.53. The van der Waals surface area contributed by atoms with E-state index >= 15 is 0 Å². The fourth-order valence-corrected chi connectivity index (χ4v) is 6.11. The van der Waals surface area contributed by atoms with Crippen molar-refractivity contribution in [3.63, 3.8) is 0 Å². The number of anilines is 1. The fourth-order valence-electron chi connectivity index (χ4n) is 4.01. The first kappa shape index (κ1) is 24.4. The molecule has 0 atom stereocenters. The molecule has 0 aliphatic rings. The van der Waals surface area contributed by atoms with E-state index in [-0.39, 0.29) is 21.9 Å². The molecule has 6 nitrogen and oxygen atoms in total. The van der Waals surface area contributed by atoms with E-state index in [1.807, 2.05) is 30.3 Å². The monoisotopic (exact) mass is 527 g/mol. The maximum absolute atomic E-state index is 13.3. The Bertz CT molecular complexity index is 1720. The lowest BCUT2D eigenvalue weighted by molar-refractivity contribution is 0.0693. The summed E-state index contributed by atoms with van der Waals surface area (Å²) >= 11 is 1.05. The number of fused-ring (bicyclic) bond motifs is 1. The third-order valence-corrected chi connectivity index (χ3v) is 8.32. The number of sulfonamides is 1. The van der Waals surface area contributed by atoms with Gasteiger partial charge in [0.05, 0.1) is 21.0 Å². The third-order valence-electron chi connectivity index (χ3n) is 5.83. The van der Waals surface area contributed by atoms with Gasteiger partial charge in [-0.15, -0.1) is 0 Å². The van der Waals surface area contributed by atoms with Crippen molar-refractivity contribution in [2.45, 2.75) is 14.7 Å². The standard InChI is InChI=1S/C29H21NO5S2/c31-28-23-11-5-4-10-22(23)25(18-27(28)36-26-13-7-6-12-24(26)29(32)33)30-37(34,35)21-16-14-20(15-17-21)19-8-2-1-3-9-19/h1-18,30-31H,(H,32,33). The SMILES string of the molecule is O=C(O)c1ccccc1Sc1cc(NS(=O)(=O)c2ccc(-c3ccccc3)cc2)c2ccccc2c1O. The number of hydrogen-bond donors (Lipinski definition) is 3. The van der Waals surface area contributed by atoms with Crippen molar-refractivity contribution in [2.24, 2.45) is 0 Å². The number of phenols is 1. The van der Waals surface area contributed by atoms with Crippen molar-refractivity contribution in [2.75, 3.05) is 4.72 Å². The molecular formula is C29H21NO5S2. The van der Waals surface area contributed by atoms with Gasteiger partial charge >= 0.3 is 5.97 Å². The smallest absolute Gasteiger partial charge is 0.336 e. The Kier molecular flexibility index (Phi) is 6.60. The van der Waals surface area contributed by atoms with E-state index < -0.39 is 16.0 Å². The van der Waals surface area contributed by atoms with E-state index in [9.17, 15) is 23.4 Å². The van der Waals surface area contributed by atoms with E-state index in [4.69, 9.17) is 0 Å². The topological polar surface area (TPSA) is 104 Å². The minimum Gasteiger partial charge on any atom is -0.506 e. The zero-order valence-corrected chi connectivity index (χ0v) is 21.0. The molecule has 184 valence electrons. The van der Waals surface area contributed by atoms with Gasteiger partial charge in [0.2, 0.25) is 0 Å². The van der Waals surface area contributed by atoms with Crippen LogP contribution in [0.4, 0.5) is 5.69 Å². The van der Waals surface area contributed by atoms with Gasteiger partial charge in [-0.1, -0.05) is 90.6 Å². The summed E-state index contributed by atoms with van der Waals surface area (Å²) in [4.78, 5) is 12.5. The van der Waals surface area contributed by atoms with Gasteiger partial charge in [-0.3, -0.25) is 4.72 Å². The summed E-state index contributed by atoms with van der Waals surface area (Å²) in [5, 5.41) is 21.5. The summed E-state index contributed by atoms with van der Waals surface area (Å²) in [5.41, 5.74) is 2.23. The molecule has 0 amide bonds. The zero-order chi connectivity index (χ0) is 26.0. The largest absolute Gasteiger partial charge is 0.506 e. The second kappa shape index (κ2) is 10.0. The molecule has 0 saturated heterocycles. The van der Waals surface area contributed by atoms with Gasteiger partial charge in [-0.05, 0) is 41.5 Å².